The van der Waals surface area contributed by atoms with Crippen molar-refractivity contribution >= 4 is 33.6 Å². The summed E-state index contributed by atoms with van der Waals surface area (Å²) < 4.78 is 11.6. The van der Waals surface area contributed by atoms with Gasteiger partial charge in [-0.15, -0.1) is 5.10 Å². The predicted molar refractivity (Wildman–Crippen MR) is 105 cm³/mol. The summed E-state index contributed by atoms with van der Waals surface area (Å²) in [7, 11) is 0. The third-order valence-electron chi connectivity index (χ3n) is 3.84. The highest BCUT2D eigenvalue weighted by atomic mass is 79.9. The van der Waals surface area contributed by atoms with Crippen molar-refractivity contribution in [1.29, 1.82) is 0 Å². The molecule has 0 saturated carbocycles. The summed E-state index contributed by atoms with van der Waals surface area (Å²) in [6.45, 7) is 0.662. The Hall–Kier alpha value is -2.52. The fourth-order valence-electron chi connectivity index (χ4n) is 2.48. The van der Waals surface area contributed by atoms with Crippen LogP contribution in [0.3, 0.4) is 0 Å². The van der Waals surface area contributed by atoms with E-state index in [2.05, 4.69) is 36.4 Å². The molecule has 138 valence electrons. The largest absolute Gasteiger partial charge is 0.454 e. The molecule has 0 atom stereocenters. The lowest BCUT2D eigenvalue weighted by atomic mass is 10.2. The Bertz CT molecular complexity index is 961. The van der Waals surface area contributed by atoms with Gasteiger partial charge >= 0.3 is 0 Å². The van der Waals surface area contributed by atoms with Gasteiger partial charge in [0.25, 0.3) is 0 Å². The molecule has 3 aromatic rings. The molecule has 1 aliphatic heterocycles. The maximum absolute atomic E-state index is 12.1. The lowest BCUT2D eigenvalue weighted by Crippen LogP contribution is -2.24. The van der Waals surface area contributed by atoms with E-state index in [1.807, 2.05) is 42.5 Å². The van der Waals surface area contributed by atoms with Crippen LogP contribution >= 0.6 is 27.7 Å². The van der Waals surface area contributed by atoms with E-state index in [0.29, 0.717) is 23.3 Å². The van der Waals surface area contributed by atoms with E-state index in [1.165, 1.54) is 11.8 Å². The second kappa shape index (κ2) is 8.01. The molecular formula is C18H15BrN4O3S. The number of aromatic amines is 1. The highest BCUT2D eigenvalue weighted by Crippen LogP contribution is 2.32. The van der Waals surface area contributed by atoms with Crippen LogP contribution in [-0.2, 0) is 11.3 Å². The van der Waals surface area contributed by atoms with Crippen LogP contribution in [0.25, 0.3) is 11.4 Å². The molecule has 9 heteroatoms. The van der Waals surface area contributed by atoms with Crippen molar-refractivity contribution in [3.05, 3.63) is 52.5 Å². The zero-order valence-electron chi connectivity index (χ0n) is 14.1. The fourth-order valence-corrected chi connectivity index (χ4v) is 3.37. The zero-order valence-corrected chi connectivity index (χ0v) is 16.5. The van der Waals surface area contributed by atoms with Gasteiger partial charge in [0.15, 0.2) is 17.3 Å². The number of benzene rings is 2. The minimum atomic E-state index is -0.0901. The third kappa shape index (κ3) is 4.42. The number of nitrogens with one attached hydrogen (secondary N) is 2. The van der Waals surface area contributed by atoms with E-state index < -0.39 is 0 Å². The van der Waals surface area contributed by atoms with E-state index in [9.17, 15) is 4.79 Å². The number of carbonyl (C=O) groups excluding carboxylic acids is 1. The number of H-pyrrole nitrogens is 1. The quantitative estimate of drug-likeness (QED) is 0.564. The Kier molecular flexibility index (Phi) is 5.30. The first kappa shape index (κ1) is 17.9. The topological polar surface area (TPSA) is 89.1 Å². The molecule has 0 fully saturated rings. The molecule has 2 aromatic carbocycles. The molecular weight excluding hydrogens is 432 g/mol. The Morgan fingerprint density at radius 2 is 2.00 bits per heavy atom. The van der Waals surface area contributed by atoms with Crippen LogP contribution in [0.1, 0.15) is 5.56 Å². The first-order chi connectivity index (χ1) is 13.2. The van der Waals surface area contributed by atoms with Gasteiger partial charge in [-0.1, -0.05) is 45.9 Å². The summed E-state index contributed by atoms with van der Waals surface area (Å²) in [4.78, 5) is 16.5. The highest BCUT2D eigenvalue weighted by molar-refractivity contribution is 9.10. The summed E-state index contributed by atoms with van der Waals surface area (Å²) in [6, 6.07) is 13.4. The Morgan fingerprint density at radius 1 is 1.19 bits per heavy atom. The second-order valence-electron chi connectivity index (χ2n) is 5.73. The van der Waals surface area contributed by atoms with Crippen LogP contribution in [0, 0.1) is 0 Å². The van der Waals surface area contributed by atoms with Crippen molar-refractivity contribution in [3.8, 4) is 22.9 Å². The van der Waals surface area contributed by atoms with Crippen LogP contribution < -0.4 is 14.8 Å². The Morgan fingerprint density at radius 3 is 2.85 bits per heavy atom. The van der Waals surface area contributed by atoms with Crippen molar-refractivity contribution in [1.82, 2.24) is 20.5 Å². The smallest absolute Gasteiger partial charge is 0.231 e. The van der Waals surface area contributed by atoms with Gasteiger partial charge in [-0.2, -0.15) is 0 Å². The molecule has 4 rings (SSSR count). The normalized spacial score (nSPS) is 12.2. The molecule has 1 amide bonds. The summed E-state index contributed by atoms with van der Waals surface area (Å²) >= 11 is 4.69. The SMILES string of the molecule is O=C(CSc1n[nH]c(-c2ccc(Br)cc2)n1)NCc1ccc2c(c1)OCO2. The van der Waals surface area contributed by atoms with E-state index in [-0.39, 0.29) is 18.5 Å². The number of amides is 1. The van der Waals surface area contributed by atoms with E-state index >= 15 is 0 Å². The number of fused-ring (bicyclic) bond motifs is 1. The molecule has 0 aliphatic carbocycles. The number of aromatic nitrogens is 3. The van der Waals surface area contributed by atoms with Crippen LogP contribution in [-0.4, -0.2) is 33.6 Å². The van der Waals surface area contributed by atoms with Gasteiger partial charge in [-0.05, 0) is 29.8 Å². The molecule has 0 radical (unpaired) electrons. The number of halogens is 1. The standard InChI is InChI=1S/C18H15BrN4O3S/c19-13-4-2-12(3-5-13)17-21-18(23-22-17)27-9-16(24)20-8-11-1-6-14-15(7-11)26-10-25-14/h1-7H,8-10H2,(H,20,24)(H,21,22,23). The molecule has 0 unspecified atom stereocenters. The number of hydrogen-bond donors (Lipinski definition) is 2. The number of nitrogens with zero attached hydrogens (tertiary/aromatic N) is 2. The van der Waals surface area contributed by atoms with E-state index in [1.54, 1.807) is 0 Å². The van der Waals surface area contributed by atoms with Gasteiger partial charge in [0.2, 0.25) is 17.9 Å². The molecule has 27 heavy (non-hydrogen) atoms. The van der Waals surface area contributed by atoms with Gasteiger partial charge < -0.3 is 14.8 Å². The maximum atomic E-state index is 12.1. The number of carbonyl (C=O) groups is 1. The lowest BCUT2D eigenvalue weighted by Gasteiger charge is -2.05. The number of ether oxygens (including phenoxy) is 2. The molecule has 2 heterocycles. The number of hydrogen-bond acceptors (Lipinski definition) is 6. The van der Waals surface area contributed by atoms with Crippen LogP contribution in [0.4, 0.5) is 0 Å². The van der Waals surface area contributed by atoms with Crippen molar-refractivity contribution in [2.75, 3.05) is 12.5 Å². The summed E-state index contributed by atoms with van der Waals surface area (Å²) in [6.07, 6.45) is 0. The van der Waals surface area contributed by atoms with Gasteiger partial charge in [0.05, 0.1) is 5.75 Å². The average Bonchev–Trinajstić information content (AvgIpc) is 3.34. The number of thioether (sulfide) groups is 1. The first-order valence-corrected chi connectivity index (χ1v) is 9.91. The first-order valence-electron chi connectivity index (χ1n) is 8.14. The van der Waals surface area contributed by atoms with Crippen molar-refractivity contribution in [3.63, 3.8) is 0 Å². The van der Waals surface area contributed by atoms with Gasteiger partial charge in [-0.3, -0.25) is 9.89 Å². The minimum absolute atomic E-state index is 0.0901. The van der Waals surface area contributed by atoms with E-state index in [0.717, 1.165) is 21.3 Å². The van der Waals surface area contributed by atoms with Crippen LogP contribution in [0.15, 0.2) is 52.1 Å². The zero-order chi connectivity index (χ0) is 18.6. The molecule has 1 aliphatic rings. The predicted octanol–water partition coefficient (Wildman–Crippen LogP) is 3.37. The average molecular weight is 447 g/mol. The van der Waals surface area contributed by atoms with E-state index in [4.69, 9.17) is 9.47 Å². The molecule has 0 bridgehead atoms. The summed E-state index contributed by atoms with van der Waals surface area (Å²) in [5, 5.41) is 10.5. The molecule has 0 saturated heterocycles. The second-order valence-corrected chi connectivity index (χ2v) is 7.58. The van der Waals surface area contributed by atoms with Crippen LogP contribution in [0.5, 0.6) is 11.5 Å². The van der Waals surface area contributed by atoms with Gasteiger partial charge in [0, 0.05) is 16.6 Å². The highest BCUT2D eigenvalue weighted by Gasteiger charge is 2.14. The van der Waals surface area contributed by atoms with Crippen molar-refractivity contribution < 1.29 is 14.3 Å². The van der Waals surface area contributed by atoms with Crippen LogP contribution in [0.2, 0.25) is 0 Å². The molecule has 2 N–H and O–H groups in total. The number of rotatable bonds is 6. The van der Waals surface area contributed by atoms with Crippen molar-refractivity contribution in [2.45, 2.75) is 11.7 Å². The molecule has 1 aromatic heterocycles. The fraction of sp³-hybridized carbons (Fsp3) is 0.167. The monoisotopic (exact) mass is 446 g/mol. The summed E-state index contributed by atoms with van der Waals surface area (Å²) in [5.74, 6) is 2.25. The van der Waals surface area contributed by atoms with Gasteiger partial charge in [-0.25, -0.2) is 4.98 Å². The lowest BCUT2D eigenvalue weighted by molar-refractivity contribution is -0.118. The molecule has 0 spiro atoms. The summed E-state index contributed by atoms with van der Waals surface area (Å²) in [5.41, 5.74) is 1.89. The third-order valence-corrected chi connectivity index (χ3v) is 5.22. The minimum Gasteiger partial charge on any atom is -0.454 e. The Labute approximate surface area is 168 Å². The van der Waals surface area contributed by atoms with Crippen molar-refractivity contribution in [2.24, 2.45) is 0 Å². The molecule has 7 nitrogen and oxygen atoms in total. The van der Waals surface area contributed by atoms with Gasteiger partial charge in [0.1, 0.15) is 0 Å². The Balaban J connectivity index is 1.27. The maximum Gasteiger partial charge on any atom is 0.231 e.